The minimum Gasteiger partial charge on any atom is -0.494 e. The molecule has 0 bridgehead atoms. The Labute approximate surface area is 74.5 Å². The topological polar surface area (TPSA) is 9.23 Å². The average molecular weight is 160 g/mol. The largest absolute Gasteiger partial charge is 0.494 e. The third-order valence-corrected chi connectivity index (χ3v) is 1.57. The van der Waals surface area contributed by atoms with E-state index in [1.807, 2.05) is 30.3 Å². The number of ether oxygens (including phenoxy) is 1. The van der Waals surface area contributed by atoms with Crippen molar-refractivity contribution in [2.45, 2.75) is 6.32 Å². The molecule has 1 aromatic carbocycles. The Kier molecular flexibility index (Phi) is 3.46. The van der Waals surface area contributed by atoms with E-state index in [0.29, 0.717) is 0 Å². The molecule has 0 heterocycles. The average Bonchev–Trinajstić information content (AvgIpc) is 2.15. The van der Waals surface area contributed by atoms with E-state index in [0.717, 1.165) is 24.2 Å². The van der Waals surface area contributed by atoms with Gasteiger partial charge in [0.05, 0.1) is 6.61 Å². The molecule has 0 radical (unpaired) electrons. The molecule has 0 N–H and O–H groups in total. The van der Waals surface area contributed by atoms with Crippen LogP contribution in [-0.2, 0) is 0 Å². The summed E-state index contributed by atoms with van der Waals surface area (Å²) in [6.07, 6.45) is 2.86. The molecular formula is C10H13BO. The molecule has 0 saturated heterocycles. The molecule has 0 saturated carbocycles. The summed E-state index contributed by atoms with van der Waals surface area (Å²) in [5.41, 5.74) is 1.10. The summed E-state index contributed by atoms with van der Waals surface area (Å²) >= 11 is 0. The van der Waals surface area contributed by atoms with Crippen LogP contribution in [0.5, 0.6) is 5.75 Å². The first-order valence-electron chi connectivity index (χ1n) is 4.22. The molecule has 0 atom stereocenters. The molecule has 62 valence electrons. The van der Waals surface area contributed by atoms with Gasteiger partial charge in [-0.3, -0.25) is 0 Å². The Balaban J connectivity index is 2.66. The fourth-order valence-corrected chi connectivity index (χ4v) is 0.951. The first-order valence-corrected chi connectivity index (χ1v) is 4.22. The maximum Gasteiger partial charge on any atom is 0.119 e. The van der Waals surface area contributed by atoms with Crippen LogP contribution in [0.2, 0.25) is 6.32 Å². The van der Waals surface area contributed by atoms with E-state index in [1.54, 1.807) is 0 Å². The van der Waals surface area contributed by atoms with Crippen LogP contribution in [0.4, 0.5) is 0 Å². The van der Waals surface area contributed by atoms with Crippen LogP contribution in [0.1, 0.15) is 5.56 Å². The fourth-order valence-electron chi connectivity index (χ4n) is 0.951. The molecule has 0 unspecified atom stereocenters. The molecule has 0 aliphatic rings. The fraction of sp³-hybridized carbons (Fsp3) is 0.200. The zero-order valence-electron chi connectivity index (χ0n) is 7.42. The van der Waals surface area contributed by atoms with Crippen LogP contribution < -0.4 is 4.74 Å². The quantitative estimate of drug-likeness (QED) is 0.609. The summed E-state index contributed by atoms with van der Waals surface area (Å²) in [5.74, 6) is 0.925. The molecule has 2 heteroatoms. The lowest BCUT2D eigenvalue weighted by Gasteiger charge is -2.04. The normalized spacial score (nSPS) is 9.33. The minimum absolute atomic E-state index is 0.778. The van der Waals surface area contributed by atoms with Crippen molar-refractivity contribution in [2.75, 3.05) is 6.61 Å². The Bertz CT molecular complexity index is 258. The Hall–Kier alpha value is -1.18. The minimum atomic E-state index is 0.778. The van der Waals surface area contributed by atoms with E-state index >= 15 is 0 Å². The predicted octanol–water partition coefficient (Wildman–Crippen LogP) is 1.76. The molecule has 0 aromatic heterocycles. The van der Waals surface area contributed by atoms with Crippen LogP contribution in [0.15, 0.2) is 30.8 Å². The van der Waals surface area contributed by atoms with Crippen LogP contribution in [0.25, 0.3) is 6.08 Å². The molecule has 0 amide bonds. The standard InChI is InChI=1S/C10H13BO/c1-2-9-4-3-5-10(8-9)12-7-6-11/h2-5,8H,1,6-7,11H2. The second-order valence-electron chi connectivity index (χ2n) is 2.63. The lowest BCUT2D eigenvalue weighted by molar-refractivity contribution is 0.340. The van der Waals surface area contributed by atoms with Crippen LogP contribution in [0.3, 0.4) is 0 Å². The molecule has 0 spiro atoms. The highest BCUT2D eigenvalue weighted by molar-refractivity contribution is 6.08. The molecular weight excluding hydrogens is 147 g/mol. The van der Waals surface area contributed by atoms with Crippen molar-refractivity contribution < 1.29 is 4.74 Å². The number of rotatable bonds is 4. The van der Waals surface area contributed by atoms with Crippen LogP contribution in [-0.4, -0.2) is 14.5 Å². The summed E-state index contributed by atoms with van der Waals surface area (Å²) in [6.45, 7) is 4.48. The monoisotopic (exact) mass is 160 g/mol. The van der Waals surface area contributed by atoms with Crippen molar-refractivity contribution in [1.29, 1.82) is 0 Å². The van der Waals surface area contributed by atoms with Crippen molar-refractivity contribution in [3.63, 3.8) is 0 Å². The van der Waals surface area contributed by atoms with Crippen LogP contribution in [0, 0.1) is 0 Å². The number of benzene rings is 1. The van der Waals surface area contributed by atoms with E-state index in [9.17, 15) is 0 Å². The summed E-state index contributed by atoms with van der Waals surface area (Å²) in [6, 6.07) is 7.93. The van der Waals surface area contributed by atoms with Crippen molar-refractivity contribution >= 4 is 13.9 Å². The molecule has 1 nitrogen and oxygen atoms in total. The van der Waals surface area contributed by atoms with Gasteiger partial charge in [0.1, 0.15) is 13.6 Å². The highest BCUT2D eigenvalue weighted by atomic mass is 16.5. The maximum atomic E-state index is 5.45. The van der Waals surface area contributed by atoms with Gasteiger partial charge in [0.25, 0.3) is 0 Å². The first kappa shape index (κ1) is 8.92. The van der Waals surface area contributed by atoms with E-state index < -0.39 is 0 Å². The zero-order valence-corrected chi connectivity index (χ0v) is 7.42. The summed E-state index contributed by atoms with van der Waals surface area (Å²) < 4.78 is 5.45. The summed E-state index contributed by atoms with van der Waals surface area (Å²) in [5, 5.41) is 0. The van der Waals surface area contributed by atoms with Crippen molar-refractivity contribution in [3.05, 3.63) is 36.4 Å². The Morgan fingerprint density at radius 2 is 2.33 bits per heavy atom. The maximum absolute atomic E-state index is 5.45. The summed E-state index contributed by atoms with van der Waals surface area (Å²) in [4.78, 5) is 0. The van der Waals surface area contributed by atoms with E-state index in [4.69, 9.17) is 4.74 Å². The van der Waals surface area contributed by atoms with Gasteiger partial charge >= 0.3 is 0 Å². The van der Waals surface area contributed by atoms with Crippen molar-refractivity contribution in [2.24, 2.45) is 0 Å². The highest BCUT2D eigenvalue weighted by Crippen LogP contribution is 2.13. The highest BCUT2D eigenvalue weighted by Gasteiger charge is 1.91. The Morgan fingerprint density at radius 1 is 1.50 bits per heavy atom. The van der Waals surface area contributed by atoms with Gasteiger partial charge < -0.3 is 4.74 Å². The van der Waals surface area contributed by atoms with Crippen LogP contribution >= 0.6 is 0 Å². The van der Waals surface area contributed by atoms with Gasteiger partial charge in [-0.25, -0.2) is 0 Å². The third kappa shape index (κ3) is 2.46. The SMILES string of the molecule is BCCOc1cccc(C=C)c1. The van der Waals surface area contributed by atoms with Crippen molar-refractivity contribution in [3.8, 4) is 5.75 Å². The van der Waals surface area contributed by atoms with Gasteiger partial charge in [0, 0.05) is 0 Å². The molecule has 0 aliphatic carbocycles. The predicted molar refractivity (Wildman–Crippen MR) is 55.4 cm³/mol. The van der Waals surface area contributed by atoms with Gasteiger partial charge in [0.15, 0.2) is 0 Å². The van der Waals surface area contributed by atoms with Gasteiger partial charge in [0.2, 0.25) is 0 Å². The van der Waals surface area contributed by atoms with Gasteiger partial charge in [-0.15, -0.1) is 0 Å². The molecule has 1 aromatic rings. The van der Waals surface area contributed by atoms with E-state index in [-0.39, 0.29) is 0 Å². The number of hydrogen-bond donors (Lipinski definition) is 0. The van der Waals surface area contributed by atoms with Gasteiger partial charge in [-0.1, -0.05) is 24.8 Å². The summed E-state index contributed by atoms with van der Waals surface area (Å²) in [7, 11) is 2.09. The van der Waals surface area contributed by atoms with Crippen molar-refractivity contribution in [1.82, 2.24) is 0 Å². The van der Waals surface area contributed by atoms with Gasteiger partial charge in [-0.2, -0.15) is 0 Å². The lowest BCUT2D eigenvalue weighted by atomic mass is 10.1. The Morgan fingerprint density at radius 3 is 3.00 bits per heavy atom. The van der Waals surface area contributed by atoms with Gasteiger partial charge in [-0.05, 0) is 24.0 Å². The molecule has 0 fully saturated rings. The second-order valence-corrected chi connectivity index (χ2v) is 2.63. The van der Waals surface area contributed by atoms with E-state index in [1.165, 1.54) is 0 Å². The smallest absolute Gasteiger partial charge is 0.119 e. The first-order chi connectivity index (χ1) is 5.86. The molecule has 0 aliphatic heterocycles. The molecule has 1 rings (SSSR count). The molecule has 12 heavy (non-hydrogen) atoms. The second kappa shape index (κ2) is 4.65. The van der Waals surface area contributed by atoms with E-state index in [2.05, 4.69) is 14.4 Å². The third-order valence-electron chi connectivity index (χ3n) is 1.57. The number of hydrogen-bond acceptors (Lipinski definition) is 1. The lowest BCUT2D eigenvalue weighted by Crippen LogP contribution is -1.95. The zero-order chi connectivity index (χ0) is 8.81.